The van der Waals surface area contributed by atoms with Gasteiger partial charge in [-0.05, 0) is 49.9 Å². The van der Waals surface area contributed by atoms with Gasteiger partial charge in [0, 0.05) is 24.8 Å². The van der Waals surface area contributed by atoms with Crippen molar-refractivity contribution in [3.05, 3.63) is 29.1 Å². The van der Waals surface area contributed by atoms with Gasteiger partial charge in [-0.2, -0.15) is 13.2 Å². The van der Waals surface area contributed by atoms with Gasteiger partial charge in [-0.25, -0.2) is 4.39 Å². The highest BCUT2D eigenvalue weighted by Gasteiger charge is 2.41. The largest absolute Gasteiger partial charge is 0.391 e. The van der Waals surface area contributed by atoms with Crippen LogP contribution >= 0.6 is 0 Å². The number of rotatable bonds is 2. The van der Waals surface area contributed by atoms with E-state index in [1.54, 1.807) is 19.9 Å². The Bertz CT molecular complexity index is 503. The van der Waals surface area contributed by atoms with E-state index < -0.39 is 12.1 Å². The van der Waals surface area contributed by atoms with Gasteiger partial charge in [0.1, 0.15) is 5.82 Å². The Balaban J connectivity index is 2.22. The average Bonchev–Trinajstić information content (AvgIpc) is 2.40. The number of hydrogen-bond acceptors (Lipinski definition) is 2. The van der Waals surface area contributed by atoms with Crippen LogP contribution < -0.4 is 10.6 Å². The van der Waals surface area contributed by atoms with Crippen molar-refractivity contribution in [2.45, 2.75) is 38.9 Å². The fourth-order valence-corrected chi connectivity index (χ4v) is 2.77. The maximum atomic E-state index is 13.7. The average molecular weight is 304 g/mol. The molecule has 1 aromatic rings. The van der Waals surface area contributed by atoms with Crippen molar-refractivity contribution >= 4 is 5.69 Å². The fraction of sp³-hybridized carbons (Fsp3) is 0.600. The van der Waals surface area contributed by atoms with Gasteiger partial charge in [0.2, 0.25) is 0 Å². The summed E-state index contributed by atoms with van der Waals surface area (Å²) < 4.78 is 51.8. The first-order valence-electron chi connectivity index (χ1n) is 7.07. The minimum atomic E-state index is -4.13. The van der Waals surface area contributed by atoms with Crippen molar-refractivity contribution in [1.82, 2.24) is 0 Å². The lowest BCUT2D eigenvalue weighted by atomic mass is 9.94. The maximum Gasteiger partial charge on any atom is 0.391 e. The number of hydrogen-bond donors (Lipinski definition) is 1. The van der Waals surface area contributed by atoms with Crippen LogP contribution in [0.2, 0.25) is 0 Å². The molecule has 0 saturated carbocycles. The highest BCUT2D eigenvalue weighted by atomic mass is 19.4. The molecule has 1 atom stereocenters. The van der Waals surface area contributed by atoms with Gasteiger partial charge in [-0.3, -0.25) is 0 Å². The zero-order chi connectivity index (χ0) is 15.8. The molecule has 1 aliphatic heterocycles. The normalized spacial score (nSPS) is 18.9. The lowest BCUT2D eigenvalue weighted by Gasteiger charge is -2.36. The summed E-state index contributed by atoms with van der Waals surface area (Å²) >= 11 is 0. The molecule has 0 radical (unpaired) electrons. The molecule has 1 aromatic carbocycles. The number of benzene rings is 1. The van der Waals surface area contributed by atoms with E-state index in [0.29, 0.717) is 24.2 Å². The van der Waals surface area contributed by atoms with Crippen LogP contribution in [0.5, 0.6) is 0 Å². The van der Waals surface area contributed by atoms with Crippen molar-refractivity contribution in [2.24, 2.45) is 11.7 Å². The van der Waals surface area contributed by atoms with Crippen molar-refractivity contribution in [3.63, 3.8) is 0 Å². The van der Waals surface area contributed by atoms with Crippen LogP contribution in [-0.2, 0) is 0 Å². The maximum absolute atomic E-state index is 13.7. The molecule has 118 valence electrons. The van der Waals surface area contributed by atoms with E-state index in [4.69, 9.17) is 5.73 Å². The molecule has 0 aromatic heterocycles. The van der Waals surface area contributed by atoms with E-state index in [1.165, 1.54) is 6.07 Å². The Morgan fingerprint density at radius 1 is 1.24 bits per heavy atom. The topological polar surface area (TPSA) is 29.3 Å². The zero-order valence-corrected chi connectivity index (χ0v) is 12.2. The molecule has 0 amide bonds. The molecule has 0 unspecified atom stereocenters. The zero-order valence-electron chi connectivity index (χ0n) is 12.2. The Labute approximate surface area is 121 Å². The van der Waals surface area contributed by atoms with Gasteiger partial charge in [0.15, 0.2) is 0 Å². The van der Waals surface area contributed by atoms with Gasteiger partial charge < -0.3 is 10.6 Å². The molecule has 6 heteroatoms. The fourth-order valence-electron chi connectivity index (χ4n) is 2.77. The minimum Gasteiger partial charge on any atom is -0.371 e. The molecule has 0 aliphatic carbocycles. The number of nitrogens with zero attached hydrogens (tertiary/aromatic N) is 1. The first-order chi connectivity index (χ1) is 9.70. The minimum absolute atomic E-state index is 0.0678. The van der Waals surface area contributed by atoms with Crippen LogP contribution in [0, 0.1) is 18.7 Å². The number of nitrogens with two attached hydrogens (primary N) is 1. The SMILES string of the molecule is Cc1cc(N2CCC(C(F)(F)F)CC2)c([C@H](C)N)cc1F. The molecule has 2 nitrogen and oxygen atoms in total. The summed E-state index contributed by atoms with van der Waals surface area (Å²) in [7, 11) is 0. The summed E-state index contributed by atoms with van der Waals surface area (Å²) in [5.41, 5.74) is 7.74. The Kier molecular flexibility index (Phi) is 4.46. The molecule has 1 fully saturated rings. The molecule has 21 heavy (non-hydrogen) atoms. The third-order valence-corrected chi connectivity index (χ3v) is 4.10. The number of halogens is 4. The highest BCUT2D eigenvalue weighted by Crippen LogP contribution is 2.37. The van der Waals surface area contributed by atoms with Crippen molar-refractivity contribution < 1.29 is 17.6 Å². The highest BCUT2D eigenvalue weighted by molar-refractivity contribution is 5.57. The van der Waals surface area contributed by atoms with Gasteiger partial charge in [0.25, 0.3) is 0 Å². The molecular formula is C15H20F4N2. The molecule has 1 aliphatic rings. The monoisotopic (exact) mass is 304 g/mol. The van der Waals surface area contributed by atoms with Crippen LogP contribution in [0.25, 0.3) is 0 Å². The van der Waals surface area contributed by atoms with E-state index in [1.807, 2.05) is 4.90 Å². The van der Waals surface area contributed by atoms with Gasteiger partial charge in [0.05, 0.1) is 5.92 Å². The van der Waals surface area contributed by atoms with Crippen LogP contribution in [0.3, 0.4) is 0 Å². The number of aryl methyl sites for hydroxylation is 1. The third kappa shape index (κ3) is 3.48. The lowest BCUT2D eigenvalue weighted by molar-refractivity contribution is -0.179. The van der Waals surface area contributed by atoms with Gasteiger partial charge in [-0.1, -0.05) is 0 Å². The number of alkyl halides is 3. The van der Waals surface area contributed by atoms with Crippen molar-refractivity contribution in [3.8, 4) is 0 Å². The third-order valence-electron chi connectivity index (χ3n) is 4.10. The van der Waals surface area contributed by atoms with Crippen molar-refractivity contribution in [2.75, 3.05) is 18.0 Å². The molecular weight excluding hydrogens is 284 g/mol. The van der Waals surface area contributed by atoms with Crippen LogP contribution in [-0.4, -0.2) is 19.3 Å². The van der Waals surface area contributed by atoms with E-state index in [0.717, 1.165) is 5.69 Å². The lowest BCUT2D eigenvalue weighted by Crippen LogP contribution is -2.39. The summed E-state index contributed by atoms with van der Waals surface area (Å²) in [5, 5.41) is 0. The summed E-state index contributed by atoms with van der Waals surface area (Å²) in [6.45, 7) is 4.02. The number of piperidine rings is 1. The van der Waals surface area contributed by atoms with Crippen LogP contribution in [0.4, 0.5) is 23.2 Å². The molecule has 0 bridgehead atoms. The van der Waals surface area contributed by atoms with E-state index >= 15 is 0 Å². The second-order valence-corrected chi connectivity index (χ2v) is 5.75. The Morgan fingerprint density at radius 2 is 1.81 bits per heavy atom. The first-order valence-corrected chi connectivity index (χ1v) is 7.07. The second kappa shape index (κ2) is 5.83. The summed E-state index contributed by atoms with van der Waals surface area (Å²) in [4.78, 5) is 1.88. The summed E-state index contributed by atoms with van der Waals surface area (Å²) in [5.74, 6) is -1.58. The Hall–Kier alpha value is -1.30. The van der Waals surface area contributed by atoms with E-state index in [-0.39, 0.29) is 24.7 Å². The smallest absolute Gasteiger partial charge is 0.371 e. The predicted molar refractivity (Wildman–Crippen MR) is 74.7 cm³/mol. The van der Waals surface area contributed by atoms with E-state index in [2.05, 4.69) is 0 Å². The second-order valence-electron chi connectivity index (χ2n) is 5.75. The van der Waals surface area contributed by atoms with Crippen molar-refractivity contribution in [1.29, 1.82) is 0 Å². The molecule has 1 heterocycles. The Morgan fingerprint density at radius 3 is 2.29 bits per heavy atom. The van der Waals surface area contributed by atoms with Crippen LogP contribution in [0.15, 0.2) is 12.1 Å². The van der Waals surface area contributed by atoms with E-state index in [9.17, 15) is 17.6 Å². The molecule has 1 saturated heterocycles. The summed E-state index contributed by atoms with van der Waals surface area (Å²) in [6, 6.07) is 2.71. The van der Waals surface area contributed by atoms with Gasteiger partial charge in [-0.15, -0.1) is 0 Å². The predicted octanol–water partition coefficient (Wildman–Crippen LogP) is 3.93. The van der Waals surface area contributed by atoms with Crippen LogP contribution in [0.1, 0.15) is 36.9 Å². The number of anilines is 1. The van der Waals surface area contributed by atoms with Gasteiger partial charge >= 0.3 is 6.18 Å². The quantitative estimate of drug-likeness (QED) is 0.839. The molecule has 2 rings (SSSR count). The standard InChI is InChI=1S/C15H20F4N2/c1-9-7-14(12(10(2)20)8-13(9)16)21-5-3-11(4-6-21)15(17,18)19/h7-8,10-11H,3-6,20H2,1-2H3/t10-/m0/s1. The molecule has 0 spiro atoms. The first kappa shape index (κ1) is 16.1. The summed E-state index contributed by atoms with van der Waals surface area (Å²) in [6.07, 6.45) is -3.99. The molecule has 2 N–H and O–H groups in total.